The Balaban J connectivity index is 1.83. The van der Waals surface area contributed by atoms with E-state index in [9.17, 15) is 18.8 Å². The van der Waals surface area contributed by atoms with Crippen molar-refractivity contribution in [1.29, 1.82) is 0 Å². The quantitative estimate of drug-likeness (QED) is 0.597. The molecular weight excluding hydrogens is 425 g/mol. The summed E-state index contributed by atoms with van der Waals surface area (Å²) in [6.45, 7) is 1.47. The second-order valence-corrected chi connectivity index (χ2v) is 7.67. The summed E-state index contributed by atoms with van der Waals surface area (Å²) in [6.07, 6.45) is 1.78. The molecule has 164 valence electrons. The van der Waals surface area contributed by atoms with Gasteiger partial charge < -0.3 is 15.4 Å². The number of halogens is 2. The van der Waals surface area contributed by atoms with Crippen molar-refractivity contribution in [2.24, 2.45) is 0 Å². The smallest absolute Gasteiger partial charge is 0.325 e. The Kier molecular flexibility index (Phi) is 6.80. The van der Waals surface area contributed by atoms with Crippen LogP contribution in [-0.4, -0.2) is 36.4 Å². The van der Waals surface area contributed by atoms with E-state index in [1.165, 1.54) is 37.4 Å². The number of nitrogens with zero attached hydrogens (tertiary/aromatic N) is 1. The largest absolute Gasteiger partial charge is 0.495 e. The molecule has 0 radical (unpaired) electrons. The molecule has 0 aromatic heterocycles. The van der Waals surface area contributed by atoms with Gasteiger partial charge in [0.15, 0.2) is 0 Å². The zero-order valence-electron chi connectivity index (χ0n) is 17.2. The molecule has 0 aliphatic carbocycles. The molecule has 2 aromatic carbocycles. The zero-order chi connectivity index (χ0) is 22.6. The minimum absolute atomic E-state index is 0.322. The summed E-state index contributed by atoms with van der Waals surface area (Å²) >= 11 is 5.98. The number of hydrogen-bond donors (Lipinski definition) is 2. The number of imide groups is 1. The van der Waals surface area contributed by atoms with Gasteiger partial charge in [-0.3, -0.25) is 14.5 Å². The number of ether oxygens (including phenoxy) is 1. The van der Waals surface area contributed by atoms with Gasteiger partial charge in [-0.2, -0.15) is 0 Å². The zero-order valence-corrected chi connectivity index (χ0v) is 18.0. The standard InChI is InChI=1S/C22H23ClFN3O4/c1-3-4-11-22(14-5-8-16(24)9-6-14)20(29)27(21(30)26-22)13-19(28)25-17-12-15(23)7-10-18(17)31-2/h5-10,12H,3-4,11,13H2,1-2H3,(H,25,28)(H,26,30). The molecule has 1 heterocycles. The van der Waals surface area contributed by atoms with Gasteiger partial charge in [0, 0.05) is 5.02 Å². The first kappa shape index (κ1) is 22.6. The summed E-state index contributed by atoms with van der Waals surface area (Å²) in [5.74, 6) is -1.20. The van der Waals surface area contributed by atoms with Crippen LogP contribution in [0.15, 0.2) is 42.5 Å². The fourth-order valence-electron chi connectivity index (χ4n) is 3.57. The van der Waals surface area contributed by atoms with Gasteiger partial charge in [-0.15, -0.1) is 0 Å². The van der Waals surface area contributed by atoms with E-state index < -0.39 is 35.7 Å². The van der Waals surface area contributed by atoms with E-state index >= 15 is 0 Å². The third kappa shape index (κ3) is 4.64. The van der Waals surface area contributed by atoms with Gasteiger partial charge in [0.1, 0.15) is 23.7 Å². The number of amides is 4. The number of carbonyl (C=O) groups excluding carboxylic acids is 3. The third-order valence-electron chi connectivity index (χ3n) is 5.16. The molecule has 9 heteroatoms. The predicted octanol–water partition coefficient (Wildman–Crippen LogP) is 4.06. The van der Waals surface area contributed by atoms with Crippen LogP contribution in [0.1, 0.15) is 31.7 Å². The van der Waals surface area contributed by atoms with Crippen molar-refractivity contribution in [2.75, 3.05) is 19.0 Å². The summed E-state index contributed by atoms with van der Waals surface area (Å²) in [5, 5.41) is 5.73. The summed E-state index contributed by atoms with van der Waals surface area (Å²) in [6, 6.07) is 9.46. The van der Waals surface area contributed by atoms with E-state index in [1.807, 2.05) is 6.92 Å². The molecule has 0 spiro atoms. The highest BCUT2D eigenvalue weighted by Crippen LogP contribution is 2.34. The van der Waals surface area contributed by atoms with E-state index in [2.05, 4.69) is 10.6 Å². The molecule has 2 aromatic rings. The number of urea groups is 1. The molecule has 4 amide bonds. The minimum Gasteiger partial charge on any atom is -0.495 e. The van der Waals surface area contributed by atoms with Crippen LogP contribution in [-0.2, 0) is 15.1 Å². The SMILES string of the molecule is CCCCC1(c2ccc(F)cc2)NC(=O)N(CC(=O)Nc2cc(Cl)ccc2OC)C1=O. The first-order valence-electron chi connectivity index (χ1n) is 9.84. The van der Waals surface area contributed by atoms with E-state index in [0.717, 1.165) is 11.3 Å². The Bertz CT molecular complexity index is 999. The van der Waals surface area contributed by atoms with Crippen LogP contribution >= 0.6 is 11.6 Å². The summed E-state index contributed by atoms with van der Waals surface area (Å²) in [4.78, 5) is 39.5. The molecule has 0 saturated carbocycles. The van der Waals surface area contributed by atoms with E-state index in [-0.39, 0.29) is 0 Å². The van der Waals surface area contributed by atoms with Crippen LogP contribution in [0.3, 0.4) is 0 Å². The molecule has 7 nitrogen and oxygen atoms in total. The fraction of sp³-hybridized carbons (Fsp3) is 0.318. The van der Waals surface area contributed by atoms with Crippen LogP contribution in [0.2, 0.25) is 5.02 Å². The molecule has 31 heavy (non-hydrogen) atoms. The Labute approximate surface area is 184 Å². The van der Waals surface area contributed by atoms with Crippen LogP contribution in [0.5, 0.6) is 5.75 Å². The van der Waals surface area contributed by atoms with E-state index in [4.69, 9.17) is 16.3 Å². The average molecular weight is 448 g/mol. The van der Waals surface area contributed by atoms with Gasteiger partial charge >= 0.3 is 6.03 Å². The number of benzene rings is 2. The maximum atomic E-state index is 13.4. The lowest BCUT2D eigenvalue weighted by Crippen LogP contribution is -2.44. The minimum atomic E-state index is -1.34. The van der Waals surface area contributed by atoms with Crippen LogP contribution in [0.25, 0.3) is 0 Å². The molecule has 1 atom stereocenters. The number of nitrogens with one attached hydrogen (secondary N) is 2. The van der Waals surface area contributed by atoms with Crippen molar-refractivity contribution in [3.8, 4) is 5.75 Å². The molecule has 1 aliphatic heterocycles. The third-order valence-corrected chi connectivity index (χ3v) is 5.39. The molecule has 1 aliphatic rings. The van der Waals surface area contributed by atoms with Gasteiger partial charge in [-0.05, 0) is 42.3 Å². The number of carbonyl (C=O) groups is 3. The Morgan fingerprint density at radius 1 is 1.23 bits per heavy atom. The van der Waals surface area contributed by atoms with Crippen LogP contribution in [0, 0.1) is 5.82 Å². The molecule has 1 fully saturated rings. The highest BCUT2D eigenvalue weighted by atomic mass is 35.5. The predicted molar refractivity (Wildman–Crippen MR) is 114 cm³/mol. The molecule has 0 bridgehead atoms. The van der Waals surface area contributed by atoms with Crippen LogP contribution < -0.4 is 15.4 Å². The van der Waals surface area contributed by atoms with Gasteiger partial charge in [0.2, 0.25) is 5.91 Å². The molecular formula is C22H23ClFN3O4. The molecule has 2 N–H and O–H groups in total. The highest BCUT2D eigenvalue weighted by molar-refractivity contribution is 6.31. The van der Waals surface area contributed by atoms with Gasteiger partial charge in [-0.1, -0.05) is 43.5 Å². The number of hydrogen-bond acceptors (Lipinski definition) is 4. The highest BCUT2D eigenvalue weighted by Gasteiger charge is 2.52. The fourth-order valence-corrected chi connectivity index (χ4v) is 3.74. The normalized spacial score (nSPS) is 18.1. The van der Waals surface area contributed by atoms with Crippen molar-refractivity contribution >= 4 is 35.1 Å². The number of rotatable bonds is 8. The summed E-state index contributed by atoms with van der Waals surface area (Å²) in [5.41, 5.74) is -0.544. The maximum Gasteiger partial charge on any atom is 0.325 e. The first-order valence-corrected chi connectivity index (χ1v) is 10.2. The summed E-state index contributed by atoms with van der Waals surface area (Å²) < 4.78 is 18.6. The van der Waals surface area contributed by atoms with E-state index in [0.29, 0.717) is 34.9 Å². The first-order chi connectivity index (χ1) is 14.8. The number of methoxy groups -OCH3 is 1. The Morgan fingerprint density at radius 3 is 2.58 bits per heavy atom. The summed E-state index contributed by atoms with van der Waals surface area (Å²) in [7, 11) is 1.45. The second kappa shape index (κ2) is 9.34. The lowest BCUT2D eigenvalue weighted by atomic mass is 9.85. The van der Waals surface area contributed by atoms with Gasteiger partial charge in [0.05, 0.1) is 12.8 Å². The van der Waals surface area contributed by atoms with Gasteiger partial charge in [0.25, 0.3) is 5.91 Å². The Hall–Kier alpha value is -3.13. The Morgan fingerprint density at radius 2 is 1.94 bits per heavy atom. The lowest BCUT2D eigenvalue weighted by Gasteiger charge is -2.27. The van der Waals surface area contributed by atoms with Gasteiger partial charge in [-0.25, -0.2) is 9.18 Å². The van der Waals surface area contributed by atoms with Crippen LogP contribution in [0.4, 0.5) is 14.9 Å². The van der Waals surface area contributed by atoms with Crippen molar-refractivity contribution in [1.82, 2.24) is 10.2 Å². The maximum absolute atomic E-state index is 13.4. The van der Waals surface area contributed by atoms with Crippen molar-refractivity contribution < 1.29 is 23.5 Å². The number of anilines is 1. The second-order valence-electron chi connectivity index (χ2n) is 7.23. The topological polar surface area (TPSA) is 87.7 Å². The molecule has 3 rings (SSSR count). The van der Waals surface area contributed by atoms with E-state index in [1.54, 1.807) is 12.1 Å². The molecule has 1 saturated heterocycles. The lowest BCUT2D eigenvalue weighted by molar-refractivity contribution is -0.134. The number of unbranched alkanes of at least 4 members (excludes halogenated alkanes) is 1. The monoisotopic (exact) mass is 447 g/mol. The van der Waals surface area contributed by atoms with Crippen molar-refractivity contribution in [3.05, 3.63) is 58.9 Å². The van der Waals surface area contributed by atoms with Crippen molar-refractivity contribution in [2.45, 2.75) is 31.7 Å². The molecule has 1 unspecified atom stereocenters. The van der Waals surface area contributed by atoms with Crippen molar-refractivity contribution in [3.63, 3.8) is 0 Å². The average Bonchev–Trinajstić information content (AvgIpc) is 2.98.